The van der Waals surface area contributed by atoms with Gasteiger partial charge in [-0.2, -0.15) is 4.98 Å². The van der Waals surface area contributed by atoms with E-state index in [-0.39, 0.29) is 13.1 Å². The fraction of sp³-hybridized carbons (Fsp3) is 0.286. The number of rotatable bonds is 6. The van der Waals surface area contributed by atoms with E-state index in [1.807, 2.05) is 42.5 Å². The first-order chi connectivity index (χ1) is 14.4. The van der Waals surface area contributed by atoms with Crippen molar-refractivity contribution in [2.45, 2.75) is 25.8 Å². The van der Waals surface area contributed by atoms with Gasteiger partial charge in [0.05, 0.1) is 0 Å². The second kappa shape index (κ2) is 7.58. The molecule has 9 heteroatoms. The first kappa shape index (κ1) is 19.6. The molecule has 1 atom stereocenters. The van der Waals surface area contributed by atoms with Crippen molar-refractivity contribution in [2.75, 3.05) is 13.1 Å². The number of carbonyl (C=O) groups is 3. The molecule has 30 heavy (non-hydrogen) atoms. The molecule has 154 valence electrons. The Labute approximate surface area is 172 Å². The summed E-state index contributed by atoms with van der Waals surface area (Å²) in [5.41, 5.74) is -0.572. The highest BCUT2D eigenvalue weighted by Crippen LogP contribution is 2.30. The van der Waals surface area contributed by atoms with E-state index < -0.39 is 23.4 Å². The first-order valence-electron chi connectivity index (χ1n) is 9.56. The molecule has 1 fully saturated rings. The summed E-state index contributed by atoms with van der Waals surface area (Å²) < 4.78 is 4.98. The van der Waals surface area contributed by atoms with E-state index >= 15 is 0 Å². The summed E-state index contributed by atoms with van der Waals surface area (Å²) in [4.78, 5) is 42.7. The molecule has 2 aromatic carbocycles. The zero-order chi connectivity index (χ0) is 21.3. The summed E-state index contributed by atoms with van der Waals surface area (Å²) in [6.07, 6.45) is 0.363. The van der Waals surface area contributed by atoms with Gasteiger partial charge in [0, 0.05) is 13.0 Å². The number of urea groups is 1. The lowest BCUT2D eigenvalue weighted by molar-refractivity contribution is -0.134. The maximum absolute atomic E-state index is 13.0. The molecule has 1 aromatic heterocycles. The molecule has 2 heterocycles. The van der Waals surface area contributed by atoms with Crippen molar-refractivity contribution in [3.8, 4) is 0 Å². The summed E-state index contributed by atoms with van der Waals surface area (Å²) in [7, 11) is 0. The van der Waals surface area contributed by atoms with Crippen LogP contribution >= 0.6 is 0 Å². The number of aromatic nitrogens is 2. The van der Waals surface area contributed by atoms with E-state index in [2.05, 4.69) is 20.8 Å². The van der Waals surface area contributed by atoms with Crippen molar-refractivity contribution < 1.29 is 18.9 Å². The number of hydrogen-bond acceptors (Lipinski definition) is 6. The van der Waals surface area contributed by atoms with Gasteiger partial charge in [0.15, 0.2) is 5.82 Å². The van der Waals surface area contributed by atoms with E-state index in [4.69, 9.17) is 4.52 Å². The van der Waals surface area contributed by atoms with Gasteiger partial charge >= 0.3 is 6.03 Å². The monoisotopic (exact) mass is 407 g/mol. The van der Waals surface area contributed by atoms with Crippen LogP contribution in [-0.2, 0) is 21.5 Å². The highest BCUT2D eigenvalue weighted by Gasteiger charge is 2.49. The average molecular weight is 407 g/mol. The van der Waals surface area contributed by atoms with Gasteiger partial charge in [-0.05, 0) is 36.2 Å². The topological polar surface area (TPSA) is 117 Å². The molecule has 1 aliphatic heterocycles. The van der Waals surface area contributed by atoms with Crippen LogP contribution in [0, 0.1) is 6.92 Å². The Morgan fingerprint density at radius 1 is 1.20 bits per heavy atom. The lowest BCUT2D eigenvalue weighted by Gasteiger charge is -2.22. The number of aryl methyl sites for hydroxylation is 1. The van der Waals surface area contributed by atoms with E-state index in [9.17, 15) is 14.4 Å². The second-order valence-corrected chi connectivity index (χ2v) is 7.34. The van der Waals surface area contributed by atoms with Gasteiger partial charge in [0.2, 0.25) is 11.8 Å². The van der Waals surface area contributed by atoms with Crippen molar-refractivity contribution in [1.29, 1.82) is 0 Å². The molecule has 4 amide bonds. The average Bonchev–Trinajstić information content (AvgIpc) is 3.24. The van der Waals surface area contributed by atoms with E-state index in [0.29, 0.717) is 23.7 Å². The molecule has 3 aromatic rings. The molecule has 0 bridgehead atoms. The maximum atomic E-state index is 13.0. The third kappa shape index (κ3) is 3.61. The summed E-state index contributed by atoms with van der Waals surface area (Å²) in [6.45, 7) is 3.24. The Morgan fingerprint density at radius 2 is 1.97 bits per heavy atom. The molecule has 4 rings (SSSR count). The molecule has 1 unspecified atom stereocenters. The zero-order valence-corrected chi connectivity index (χ0v) is 16.6. The van der Waals surface area contributed by atoms with Crippen LogP contribution in [0.2, 0.25) is 0 Å². The van der Waals surface area contributed by atoms with E-state index in [0.717, 1.165) is 15.7 Å². The Hall–Kier alpha value is -3.75. The predicted octanol–water partition coefficient (Wildman–Crippen LogP) is 1.66. The second-order valence-electron chi connectivity index (χ2n) is 7.34. The standard InChI is InChI=1S/C21H21N5O4/c1-13-23-18(30-25-13)9-10-22-17(27)12-26-19(28)21(2,24-20(26)29)16-8-7-14-5-3-4-6-15(14)11-16/h3-8,11H,9-10,12H2,1-2H3,(H,22,27)(H,24,29). The van der Waals surface area contributed by atoms with Crippen molar-refractivity contribution in [3.63, 3.8) is 0 Å². The van der Waals surface area contributed by atoms with Gasteiger partial charge in [-0.1, -0.05) is 41.6 Å². The summed E-state index contributed by atoms with van der Waals surface area (Å²) in [5.74, 6) is 0.0123. The van der Waals surface area contributed by atoms with Crippen LogP contribution in [-0.4, -0.2) is 46.0 Å². The Balaban J connectivity index is 1.42. The largest absolute Gasteiger partial charge is 0.354 e. The lowest BCUT2D eigenvalue weighted by Crippen LogP contribution is -2.43. The van der Waals surface area contributed by atoms with Crippen LogP contribution in [0.15, 0.2) is 47.0 Å². The Bertz CT molecular complexity index is 1140. The summed E-state index contributed by atoms with van der Waals surface area (Å²) in [6, 6.07) is 12.8. The minimum atomic E-state index is -1.23. The van der Waals surface area contributed by atoms with Gasteiger partial charge in [-0.3, -0.25) is 14.5 Å². The van der Waals surface area contributed by atoms with Crippen molar-refractivity contribution in [1.82, 2.24) is 25.7 Å². The minimum Gasteiger partial charge on any atom is -0.354 e. The molecule has 9 nitrogen and oxygen atoms in total. The summed E-state index contributed by atoms with van der Waals surface area (Å²) >= 11 is 0. The number of carbonyl (C=O) groups excluding carboxylic acids is 3. The molecular formula is C21H21N5O4. The lowest BCUT2D eigenvalue weighted by atomic mass is 9.90. The Kier molecular flexibility index (Phi) is 4.94. The molecule has 0 radical (unpaired) electrons. The number of imide groups is 1. The smallest absolute Gasteiger partial charge is 0.325 e. The molecule has 0 spiro atoms. The number of hydrogen-bond donors (Lipinski definition) is 2. The number of amides is 4. The van der Waals surface area contributed by atoms with Crippen LogP contribution in [0.1, 0.15) is 24.2 Å². The van der Waals surface area contributed by atoms with Gasteiger partial charge in [-0.25, -0.2) is 4.79 Å². The fourth-order valence-corrected chi connectivity index (χ4v) is 3.49. The zero-order valence-electron chi connectivity index (χ0n) is 16.6. The van der Waals surface area contributed by atoms with Gasteiger partial charge in [-0.15, -0.1) is 0 Å². The SMILES string of the molecule is Cc1noc(CCNC(=O)CN2C(=O)NC(C)(c3ccc4ccccc4c3)C2=O)n1. The maximum Gasteiger partial charge on any atom is 0.325 e. The fourth-order valence-electron chi connectivity index (χ4n) is 3.49. The molecule has 1 saturated heterocycles. The minimum absolute atomic E-state index is 0.256. The van der Waals surface area contributed by atoms with Gasteiger partial charge in [0.1, 0.15) is 12.1 Å². The van der Waals surface area contributed by atoms with Crippen molar-refractivity contribution >= 4 is 28.6 Å². The van der Waals surface area contributed by atoms with Gasteiger partial charge in [0.25, 0.3) is 5.91 Å². The van der Waals surface area contributed by atoms with Crippen molar-refractivity contribution in [3.05, 3.63) is 59.7 Å². The molecule has 0 aliphatic carbocycles. The highest BCUT2D eigenvalue weighted by molar-refractivity contribution is 6.09. The Morgan fingerprint density at radius 3 is 2.70 bits per heavy atom. The van der Waals surface area contributed by atoms with Crippen LogP contribution in [0.5, 0.6) is 0 Å². The third-order valence-electron chi connectivity index (χ3n) is 5.13. The molecule has 1 aliphatic rings. The van der Waals surface area contributed by atoms with E-state index in [1.54, 1.807) is 13.8 Å². The van der Waals surface area contributed by atoms with Gasteiger partial charge < -0.3 is 15.2 Å². The number of nitrogens with one attached hydrogen (secondary N) is 2. The molecule has 0 saturated carbocycles. The number of fused-ring (bicyclic) bond motifs is 1. The third-order valence-corrected chi connectivity index (χ3v) is 5.13. The first-order valence-corrected chi connectivity index (χ1v) is 9.56. The number of benzene rings is 2. The van der Waals surface area contributed by atoms with E-state index in [1.165, 1.54) is 0 Å². The normalized spacial score (nSPS) is 18.7. The van der Waals surface area contributed by atoms with Crippen LogP contribution in [0.3, 0.4) is 0 Å². The quantitative estimate of drug-likeness (QED) is 0.600. The van der Waals surface area contributed by atoms with Crippen LogP contribution < -0.4 is 10.6 Å². The predicted molar refractivity (Wildman–Crippen MR) is 107 cm³/mol. The van der Waals surface area contributed by atoms with Crippen LogP contribution in [0.25, 0.3) is 10.8 Å². The van der Waals surface area contributed by atoms with Crippen molar-refractivity contribution in [2.24, 2.45) is 0 Å². The summed E-state index contributed by atoms with van der Waals surface area (Å²) in [5, 5.41) is 11.1. The molecular weight excluding hydrogens is 386 g/mol. The molecule has 2 N–H and O–H groups in total. The highest BCUT2D eigenvalue weighted by atomic mass is 16.5. The van der Waals surface area contributed by atoms with Crippen LogP contribution in [0.4, 0.5) is 4.79 Å². The number of nitrogens with zero attached hydrogens (tertiary/aromatic N) is 3.